The summed E-state index contributed by atoms with van der Waals surface area (Å²) in [6.45, 7) is -1.53. The summed E-state index contributed by atoms with van der Waals surface area (Å²) in [5.74, 6) is 0. The fraction of sp³-hybridized carbons (Fsp3) is 1.00. The van der Waals surface area contributed by atoms with Crippen LogP contribution in [0.3, 0.4) is 0 Å². The van der Waals surface area contributed by atoms with E-state index in [4.69, 9.17) is 0 Å². The lowest BCUT2D eigenvalue weighted by molar-refractivity contribution is 0.113. The zero-order valence-corrected chi connectivity index (χ0v) is 4.35. The molecule has 0 aliphatic carbocycles. The monoisotopic (exact) mass is 137 g/mol. The third-order valence-corrected chi connectivity index (χ3v) is 0.117. The molecule has 0 aliphatic heterocycles. The minimum Gasteiger partial charge on any atom is -0.344 e. The van der Waals surface area contributed by atoms with Gasteiger partial charge in [0.05, 0.1) is 0 Å². The number of alkyl halides is 3. The molecule has 0 unspecified atom stereocenters. The maximum atomic E-state index is 10.4. The van der Waals surface area contributed by atoms with Gasteiger partial charge in [0.15, 0.2) is 6.67 Å². The van der Waals surface area contributed by atoms with Crippen molar-refractivity contribution < 1.29 is 13.2 Å². The fourth-order valence-corrected chi connectivity index (χ4v) is 0. The van der Waals surface area contributed by atoms with Crippen LogP contribution in [0, 0.1) is 0 Å². The molecular formula is C2H7ClF3N. The zero-order chi connectivity index (χ0) is 4.28. The molecule has 0 saturated heterocycles. The molecule has 0 aromatic rings. The zero-order valence-electron chi connectivity index (χ0n) is 3.53. The fourth-order valence-electron chi connectivity index (χ4n) is 0. The summed E-state index contributed by atoms with van der Waals surface area (Å²) in [5, 5.41) is 0. The Morgan fingerprint density at radius 3 is 1.43 bits per heavy atom. The Bertz CT molecular complexity index is 26.9. The van der Waals surface area contributed by atoms with E-state index in [0.717, 1.165) is 0 Å². The van der Waals surface area contributed by atoms with Gasteiger partial charge in [0.1, 0.15) is 0 Å². The maximum absolute atomic E-state index is 10.4. The summed E-state index contributed by atoms with van der Waals surface area (Å²) in [4.78, 5) is 0. The van der Waals surface area contributed by atoms with Crippen molar-refractivity contribution in [2.24, 2.45) is 0 Å². The van der Waals surface area contributed by atoms with Crippen LogP contribution in [0.4, 0.5) is 13.2 Å². The van der Waals surface area contributed by atoms with Crippen molar-refractivity contribution in [2.75, 3.05) is 6.67 Å². The highest BCUT2D eigenvalue weighted by molar-refractivity contribution is 5.85. The van der Waals surface area contributed by atoms with Gasteiger partial charge in [-0.25, -0.2) is 13.2 Å². The van der Waals surface area contributed by atoms with E-state index in [1.807, 2.05) is 0 Å². The summed E-state index contributed by atoms with van der Waals surface area (Å²) < 4.78 is 31.1. The van der Waals surface area contributed by atoms with Gasteiger partial charge in [0, 0.05) is 0 Å². The van der Waals surface area contributed by atoms with Crippen LogP contribution in [0.2, 0.25) is 0 Å². The molecule has 0 heterocycles. The molecule has 0 amide bonds. The summed E-state index contributed by atoms with van der Waals surface area (Å²) in [6, 6.07) is 0. The first-order valence-corrected chi connectivity index (χ1v) is 1.11. The normalized spacial score (nSPS) is 6.86. The van der Waals surface area contributed by atoms with Crippen LogP contribution < -0.4 is 6.15 Å². The molecule has 7 heavy (non-hydrogen) atoms. The third-order valence-electron chi connectivity index (χ3n) is 0.117. The molecular weight excluding hydrogens is 130 g/mol. The first kappa shape index (κ1) is 15.7. The van der Waals surface area contributed by atoms with Gasteiger partial charge in [0.2, 0.25) is 0 Å². The second kappa shape index (κ2) is 9.40. The van der Waals surface area contributed by atoms with Crippen molar-refractivity contribution >= 4 is 12.4 Å². The van der Waals surface area contributed by atoms with Crippen molar-refractivity contribution in [3.05, 3.63) is 0 Å². The molecule has 3 N–H and O–H groups in total. The highest BCUT2D eigenvalue weighted by Gasteiger charge is 1.95. The van der Waals surface area contributed by atoms with E-state index in [9.17, 15) is 13.2 Å². The molecule has 0 spiro atoms. The molecule has 0 aromatic carbocycles. The third kappa shape index (κ3) is 23.7. The molecule has 0 saturated carbocycles. The number of halogens is 4. The Morgan fingerprint density at radius 2 is 1.43 bits per heavy atom. The lowest BCUT2D eigenvalue weighted by Gasteiger charge is -1.78. The van der Waals surface area contributed by atoms with Crippen LogP contribution in [0.15, 0.2) is 0 Å². The van der Waals surface area contributed by atoms with Gasteiger partial charge in [-0.15, -0.1) is 12.4 Å². The first-order valence-electron chi connectivity index (χ1n) is 1.11. The molecule has 0 radical (unpaired) electrons. The smallest absolute Gasteiger partial charge is 0.266 e. The Balaban J connectivity index is -0.0000000800. The second-order valence-electron chi connectivity index (χ2n) is 0.545. The van der Waals surface area contributed by atoms with Crippen molar-refractivity contribution in [1.29, 1.82) is 0 Å². The summed E-state index contributed by atoms with van der Waals surface area (Å²) in [5.41, 5.74) is 0. The van der Waals surface area contributed by atoms with Crippen molar-refractivity contribution in [1.82, 2.24) is 6.15 Å². The number of hydrogen-bond donors (Lipinski definition) is 1. The predicted molar refractivity (Wildman–Crippen MR) is 24.2 cm³/mol. The molecule has 0 bridgehead atoms. The highest BCUT2D eigenvalue weighted by Crippen LogP contribution is 1.88. The molecule has 0 aromatic heterocycles. The van der Waals surface area contributed by atoms with E-state index in [0.29, 0.717) is 0 Å². The van der Waals surface area contributed by atoms with E-state index in [2.05, 4.69) is 0 Å². The van der Waals surface area contributed by atoms with Gasteiger partial charge in [0.25, 0.3) is 6.43 Å². The lowest BCUT2D eigenvalue weighted by Crippen LogP contribution is -1.88. The van der Waals surface area contributed by atoms with Crippen LogP contribution in [0.1, 0.15) is 0 Å². The molecule has 0 atom stereocenters. The summed E-state index contributed by atoms with van der Waals surface area (Å²) in [7, 11) is 0. The molecule has 0 fully saturated rings. The van der Waals surface area contributed by atoms with Crippen molar-refractivity contribution in [3.63, 3.8) is 0 Å². The maximum Gasteiger partial charge on any atom is 0.266 e. The Labute approximate surface area is 45.9 Å². The van der Waals surface area contributed by atoms with Gasteiger partial charge < -0.3 is 6.15 Å². The minimum absolute atomic E-state index is 0. The molecule has 5 heteroatoms. The average Bonchev–Trinajstić information content (AvgIpc) is 1.38. The highest BCUT2D eigenvalue weighted by atomic mass is 35.5. The van der Waals surface area contributed by atoms with Gasteiger partial charge in [-0.3, -0.25) is 0 Å². The standard InChI is InChI=1S/C2H3F3.ClH.H3N/c3-1-2(4)5;;/h2H,1H2;1H;1H3. The Morgan fingerprint density at radius 1 is 1.29 bits per heavy atom. The van der Waals surface area contributed by atoms with Crippen molar-refractivity contribution in [2.45, 2.75) is 6.43 Å². The average molecular weight is 138 g/mol. The van der Waals surface area contributed by atoms with Gasteiger partial charge in [-0.05, 0) is 0 Å². The molecule has 1 nitrogen and oxygen atoms in total. The molecule has 0 rings (SSSR count). The van der Waals surface area contributed by atoms with E-state index in [-0.39, 0.29) is 18.6 Å². The Kier molecular flexibility index (Phi) is 21.1. The van der Waals surface area contributed by atoms with E-state index >= 15 is 0 Å². The van der Waals surface area contributed by atoms with Gasteiger partial charge >= 0.3 is 0 Å². The lowest BCUT2D eigenvalue weighted by atomic mass is 10.8. The van der Waals surface area contributed by atoms with E-state index < -0.39 is 13.1 Å². The SMILES string of the molecule is Cl.FCC(F)F.N. The van der Waals surface area contributed by atoms with Crippen molar-refractivity contribution in [3.8, 4) is 0 Å². The minimum atomic E-state index is -2.78. The van der Waals surface area contributed by atoms with Gasteiger partial charge in [-0.1, -0.05) is 0 Å². The topological polar surface area (TPSA) is 35.0 Å². The summed E-state index contributed by atoms with van der Waals surface area (Å²) in [6.07, 6.45) is -2.78. The summed E-state index contributed by atoms with van der Waals surface area (Å²) >= 11 is 0. The van der Waals surface area contributed by atoms with Gasteiger partial charge in [-0.2, -0.15) is 0 Å². The molecule has 48 valence electrons. The molecule has 0 aliphatic rings. The van der Waals surface area contributed by atoms with Crippen LogP contribution in [0.25, 0.3) is 0 Å². The van der Waals surface area contributed by atoms with E-state index in [1.165, 1.54) is 0 Å². The van der Waals surface area contributed by atoms with Crippen LogP contribution in [-0.4, -0.2) is 13.1 Å². The quantitative estimate of drug-likeness (QED) is 0.588. The predicted octanol–water partition coefficient (Wildman–Crippen LogP) is 1.80. The Hall–Kier alpha value is 0.0400. The van der Waals surface area contributed by atoms with Crippen LogP contribution in [-0.2, 0) is 0 Å². The second-order valence-corrected chi connectivity index (χ2v) is 0.545. The largest absolute Gasteiger partial charge is 0.344 e. The van der Waals surface area contributed by atoms with Crippen LogP contribution >= 0.6 is 12.4 Å². The van der Waals surface area contributed by atoms with Crippen LogP contribution in [0.5, 0.6) is 0 Å². The van der Waals surface area contributed by atoms with E-state index in [1.54, 1.807) is 0 Å². The number of hydrogen-bond acceptors (Lipinski definition) is 1. The first-order chi connectivity index (χ1) is 2.27. The number of rotatable bonds is 1.